The number of halogens is 1. The van der Waals surface area contributed by atoms with E-state index in [-0.39, 0.29) is 12.4 Å². The summed E-state index contributed by atoms with van der Waals surface area (Å²) in [5.74, 6) is 0. The minimum Gasteiger partial charge on any atom is -0.316 e. The van der Waals surface area contributed by atoms with Crippen LogP contribution in [0.2, 0.25) is 0 Å². The van der Waals surface area contributed by atoms with Gasteiger partial charge < -0.3 is 10.2 Å². The van der Waals surface area contributed by atoms with E-state index in [1.54, 1.807) is 11.3 Å². The molecule has 0 bridgehead atoms. The van der Waals surface area contributed by atoms with Crippen LogP contribution in [0.4, 0.5) is 0 Å². The first-order valence-electron chi connectivity index (χ1n) is 7.73. The van der Waals surface area contributed by atoms with Gasteiger partial charge in [0.05, 0.1) is 6.04 Å². The zero-order valence-electron chi connectivity index (χ0n) is 13.0. The summed E-state index contributed by atoms with van der Waals surface area (Å²) in [5.41, 5.74) is 0.489. The highest BCUT2D eigenvalue weighted by Crippen LogP contribution is 2.27. The molecule has 0 aliphatic carbocycles. The quantitative estimate of drug-likeness (QED) is 0.917. The Kier molecular flexibility index (Phi) is 6.03. The second-order valence-corrected chi connectivity index (χ2v) is 7.52. The number of nitrogens with zero attached hydrogens (tertiary/aromatic N) is 3. The predicted molar refractivity (Wildman–Crippen MR) is 91.4 cm³/mol. The fourth-order valence-corrected chi connectivity index (χ4v) is 4.18. The molecule has 2 aliphatic heterocycles. The van der Waals surface area contributed by atoms with Crippen LogP contribution in [0.25, 0.3) is 0 Å². The van der Waals surface area contributed by atoms with Crippen molar-refractivity contribution in [1.29, 1.82) is 0 Å². The van der Waals surface area contributed by atoms with Crippen LogP contribution in [0.5, 0.6) is 0 Å². The van der Waals surface area contributed by atoms with Crippen molar-refractivity contribution in [3.63, 3.8) is 0 Å². The number of nitrogens with one attached hydrogen (secondary N) is 1. The van der Waals surface area contributed by atoms with Crippen molar-refractivity contribution in [3.8, 4) is 0 Å². The molecule has 0 spiro atoms. The first-order valence-corrected chi connectivity index (χ1v) is 8.61. The fourth-order valence-electron chi connectivity index (χ4n) is 3.45. The second kappa shape index (κ2) is 7.38. The van der Waals surface area contributed by atoms with Crippen LogP contribution in [-0.2, 0) is 0 Å². The van der Waals surface area contributed by atoms with Gasteiger partial charge >= 0.3 is 0 Å². The van der Waals surface area contributed by atoms with E-state index in [4.69, 9.17) is 0 Å². The lowest BCUT2D eigenvalue weighted by atomic mass is 9.89. The normalized spacial score (nSPS) is 29.2. The van der Waals surface area contributed by atoms with E-state index in [0.717, 1.165) is 0 Å². The lowest BCUT2D eigenvalue weighted by Gasteiger charge is -2.40. The van der Waals surface area contributed by atoms with E-state index in [2.05, 4.69) is 39.3 Å². The molecule has 0 radical (unpaired) electrons. The molecule has 0 aromatic carbocycles. The van der Waals surface area contributed by atoms with Gasteiger partial charge in [-0.05, 0) is 25.3 Å². The van der Waals surface area contributed by atoms with E-state index in [1.165, 1.54) is 57.2 Å². The van der Waals surface area contributed by atoms with Gasteiger partial charge in [0.2, 0.25) is 0 Å². The van der Waals surface area contributed by atoms with E-state index < -0.39 is 0 Å². The molecule has 6 heteroatoms. The van der Waals surface area contributed by atoms with E-state index >= 15 is 0 Å². The van der Waals surface area contributed by atoms with Crippen LogP contribution in [0, 0.1) is 5.41 Å². The standard InChI is InChI=1S/C15H26N4S.ClH/c1-13(14-17-5-10-20-14)19-8-6-18(7-9-19)12-15(2)3-4-16-11-15;/h5,10,13,16H,3-4,6-9,11-12H2,1-2H3;1H. The Morgan fingerprint density at radius 2 is 2.14 bits per heavy atom. The lowest BCUT2D eigenvalue weighted by Crippen LogP contribution is -2.50. The van der Waals surface area contributed by atoms with Crippen molar-refractivity contribution >= 4 is 23.7 Å². The Balaban J connectivity index is 0.00000161. The summed E-state index contributed by atoms with van der Waals surface area (Å²) >= 11 is 1.78. The van der Waals surface area contributed by atoms with Crippen molar-refractivity contribution in [2.45, 2.75) is 26.3 Å². The van der Waals surface area contributed by atoms with E-state index in [1.807, 2.05) is 6.20 Å². The first kappa shape index (κ1) is 17.2. The van der Waals surface area contributed by atoms with Gasteiger partial charge in [0.25, 0.3) is 0 Å². The van der Waals surface area contributed by atoms with Gasteiger partial charge in [0.15, 0.2) is 0 Å². The fraction of sp³-hybridized carbons (Fsp3) is 0.800. The van der Waals surface area contributed by atoms with Crippen LogP contribution >= 0.6 is 23.7 Å². The molecule has 0 amide bonds. The molecule has 2 unspecified atom stereocenters. The monoisotopic (exact) mass is 330 g/mol. The summed E-state index contributed by atoms with van der Waals surface area (Å²) in [6, 6.07) is 0.473. The minimum absolute atomic E-state index is 0. The zero-order valence-corrected chi connectivity index (χ0v) is 14.7. The molecule has 1 aromatic heterocycles. The highest BCUT2D eigenvalue weighted by Gasteiger charge is 2.32. The molecule has 4 nitrogen and oxygen atoms in total. The Hall–Kier alpha value is -0.200. The molecule has 1 aromatic rings. The third-order valence-corrected chi connectivity index (χ3v) is 5.77. The number of thiazole rings is 1. The maximum atomic E-state index is 4.46. The van der Waals surface area contributed by atoms with Crippen LogP contribution in [0.1, 0.15) is 31.3 Å². The Bertz CT molecular complexity index is 411. The minimum atomic E-state index is 0. The number of hydrogen-bond donors (Lipinski definition) is 1. The van der Waals surface area contributed by atoms with E-state index in [0.29, 0.717) is 11.5 Å². The maximum Gasteiger partial charge on any atom is 0.109 e. The molecule has 2 atom stereocenters. The third-order valence-electron chi connectivity index (χ3n) is 4.83. The van der Waals surface area contributed by atoms with Gasteiger partial charge in [0.1, 0.15) is 5.01 Å². The van der Waals surface area contributed by atoms with Crippen molar-refractivity contribution < 1.29 is 0 Å². The molecule has 0 saturated carbocycles. The van der Waals surface area contributed by atoms with Gasteiger partial charge in [-0.15, -0.1) is 23.7 Å². The summed E-state index contributed by atoms with van der Waals surface area (Å²) in [6.45, 7) is 13.1. The van der Waals surface area contributed by atoms with Crippen LogP contribution in [0.15, 0.2) is 11.6 Å². The molecule has 21 heavy (non-hydrogen) atoms. The Labute approximate surface area is 138 Å². The van der Waals surface area contributed by atoms with Crippen LogP contribution in [-0.4, -0.2) is 60.6 Å². The Morgan fingerprint density at radius 3 is 2.71 bits per heavy atom. The molecule has 2 aliphatic rings. The van der Waals surface area contributed by atoms with Gasteiger partial charge in [-0.25, -0.2) is 4.98 Å². The van der Waals surface area contributed by atoms with Gasteiger partial charge in [-0.2, -0.15) is 0 Å². The van der Waals surface area contributed by atoms with Gasteiger partial charge in [-0.1, -0.05) is 6.92 Å². The smallest absolute Gasteiger partial charge is 0.109 e. The summed E-state index contributed by atoms with van der Waals surface area (Å²) in [6.07, 6.45) is 3.24. The number of rotatable bonds is 4. The average Bonchev–Trinajstić information content (AvgIpc) is 3.10. The van der Waals surface area contributed by atoms with E-state index in [9.17, 15) is 0 Å². The topological polar surface area (TPSA) is 31.4 Å². The average molecular weight is 331 g/mol. The summed E-state index contributed by atoms with van der Waals surface area (Å²) in [5, 5.41) is 6.84. The largest absolute Gasteiger partial charge is 0.316 e. The predicted octanol–water partition coefficient (Wildman–Crippen LogP) is 2.24. The molecular weight excluding hydrogens is 304 g/mol. The third kappa shape index (κ3) is 4.17. The molecule has 3 rings (SSSR count). The molecule has 2 saturated heterocycles. The van der Waals surface area contributed by atoms with Gasteiger partial charge in [-0.3, -0.25) is 4.90 Å². The molecule has 2 fully saturated rings. The number of hydrogen-bond acceptors (Lipinski definition) is 5. The summed E-state index contributed by atoms with van der Waals surface area (Å²) < 4.78 is 0. The molecule has 120 valence electrons. The SMILES string of the molecule is CC(c1nccs1)N1CCN(CC2(C)CCNC2)CC1.Cl. The summed E-state index contributed by atoms with van der Waals surface area (Å²) in [4.78, 5) is 9.68. The lowest BCUT2D eigenvalue weighted by molar-refractivity contribution is 0.0760. The molecule has 1 N–H and O–H groups in total. The number of piperazine rings is 1. The van der Waals surface area contributed by atoms with Crippen molar-refractivity contribution in [3.05, 3.63) is 16.6 Å². The highest BCUT2D eigenvalue weighted by atomic mass is 35.5. The first-order chi connectivity index (χ1) is 9.66. The van der Waals surface area contributed by atoms with Crippen LogP contribution in [0.3, 0.4) is 0 Å². The van der Waals surface area contributed by atoms with Gasteiger partial charge in [0, 0.05) is 50.8 Å². The Morgan fingerprint density at radius 1 is 1.38 bits per heavy atom. The number of aromatic nitrogens is 1. The zero-order chi connectivity index (χ0) is 14.0. The highest BCUT2D eigenvalue weighted by molar-refractivity contribution is 7.09. The van der Waals surface area contributed by atoms with Crippen molar-refractivity contribution in [2.75, 3.05) is 45.8 Å². The van der Waals surface area contributed by atoms with Crippen LogP contribution < -0.4 is 5.32 Å². The van der Waals surface area contributed by atoms with Crippen molar-refractivity contribution in [2.24, 2.45) is 5.41 Å². The molecule has 3 heterocycles. The summed E-state index contributed by atoms with van der Waals surface area (Å²) in [7, 11) is 0. The molecular formula is C15H27ClN4S. The second-order valence-electron chi connectivity index (χ2n) is 6.60. The van der Waals surface area contributed by atoms with Crippen molar-refractivity contribution in [1.82, 2.24) is 20.1 Å². The maximum absolute atomic E-state index is 4.46.